The molecule has 0 saturated carbocycles. The van der Waals surface area contributed by atoms with Crippen molar-refractivity contribution in [3.63, 3.8) is 0 Å². The van der Waals surface area contributed by atoms with Gasteiger partial charge >= 0.3 is 5.97 Å². The molecule has 128 valence electrons. The fourth-order valence-corrected chi connectivity index (χ4v) is 2.54. The van der Waals surface area contributed by atoms with Crippen molar-refractivity contribution in [2.45, 2.75) is 6.61 Å². The van der Waals surface area contributed by atoms with Crippen LogP contribution in [0.4, 0.5) is 0 Å². The summed E-state index contributed by atoms with van der Waals surface area (Å²) in [5.74, 6) is 0.133. The first-order chi connectivity index (χ1) is 12.8. The topological polar surface area (TPSA) is 59.3 Å². The number of benzene rings is 3. The molecule has 3 aromatic carbocycles. The number of hydrogen-bond donors (Lipinski definition) is 0. The van der Waals surface area contributed by atoms with Crippen molar-refractivity contribution < 1.29 is 14.3 Å². The summed E-state index contributed by atoms with van der Waals surface area (Å²) in [6.07, 6.45) is 0. The molecule has 0 unspecified atom stereocenters. The molecule has 4 nitrogen and oxygen atoms in total. The second-order valence-corrected chi connectivity index (χ2v) is 5.58. The van der Waals surface area contributed by atoms with Crippen LogP contribution in [-0.2, 0) is 16.1 Å². The zero-order valence-corrected chi connectivity index (χ0v) is 14.1. The molecule has 0 aromatic heterocycles. The summed E-state index contributed by atoms with van der Waals surface area (Å²) >= 11 is 0. The number of carbonyl (C=O) groups excluding carboxylic acids is 1. The van der Waals surface area contributed by atoms with Gasteiger partial charge in [0.1, 0.15) is 12.4 Å². The molecule has 0 atom stereocenters. The van der Waals surface area contributed by atoms with Crippen LogP contribution in [0.2, 0.25) is 0 Å². The minimum absolute atomic E-state index is 0.0479. The van der Waals surface area contributed by atoms with E-state index < -0.39 is 5.97 Å². The molecule has 0 spiro atoms. The molecule has 0 heterocycles. The maximum atomic E-state index is 12.0. The first-order valence-corrected chi connectivity index (χ1v) is 8.19. The lowest BCUT2D eigenvalue weighted by atomic mass is 10.1. The molecule has 3 aromatic rings. The SMILES string of the molecule is N#Cc1ccccc1COC(=O)COc1ccccc1-c1ccccc1. The van der Waals surface area contributed by atoms with E-state index in [1.165, 1.54) is 0 Å². The van der Waals surface area contributed by atoms with E-state index in [9.17, 15) is 4.79 Å². The fraction of sp³-hybridized carbons (Fsp3) is 0.0909. The molecule has 4 heteroatoms. The highest BCUT2D eigenvalue weighted by molar-refractivity contribution is 5.73. The summed E-state index contributed by atoms with van der Waals surface area (Å²) in [6.45, 7) is -0.148. The van der Waals surface area contributed by atoms with Crippen molar-refractivity contribution in [2.24, 2.45) is 0 Å². The predicted molar refractivity (Wildman–Crippen MR) is 98.3 cm³/mol. The Bertz CT molecular complexity index is 929. The Labute approximate surface area is 152 Å². The fourth-order valence-electron chi connectivity index (χ4n) is 2.54. The highest BCUT2D eigenvalue weighted by atomic mass is 16.6. The first kappa shape index (κ1) is 17.2. The third-order valence-corrected chi connectivity index (χ3v) is 3.84. The standard InChI is InChI=1S/C22H17NO3/c23-14-18-10-4-5-11-19(18)15-26-22(24)16-25-21-13-7-6-12-20(21)17-8-2-1-3-9-17/h1-13H,15-16H2. The van der Waals surface area contributed by atoms with Crippen LogP contribution >= 0.6 is 0 Å². The number of para-hydroxylation sites is 1. The van der Waals surface area contributed by atoms with Gasteiger partial charge in [-0.15, -0.1) is 0 Å². The highest BCUT2D eigenvalue weighted by Gasteiger charge is 2.10. The number of esters is 1. The van der Waals surface area contributed by atoms with Gasteiger partial charge in [0.15, 0.2) is 6.61 Å². The van der Waals surface area contributed by atoms with Gasteiger partial charge < -0.3 is 9.47 Å². The van der Waals surface area contributed by atoms with E-state index >= 15 is 0 Å². The number of nitrogens with zero attached hydrogens (tertiary/aromatic N) is 1. The quantitative estimate of drug-likeness (QED) is 0.625. The molecule has 26 heavy (non-hydrogen) atoms. The first-order valence-electron chi connectivity index (χ1n) is 8.19. The van der Waals surface area contributed by atoms with Crippen molar-refractivity contribution in [3.8, 4) is 22.9 Å². The third-order valence-electron chi connectivity index (χ3n) is 3.84. The van der Waals surface area contributed by atoms with Gasteiger partial charge in [-0.2, -0.15) is 5.26 Å². The van der Waals surface area contributed by atoms with Crippen molar-refractivity contribution in [3.05, 3.63) is 90.0 Å². The number of rotatable bonds is 6. The van der Waals surface area contributed by atoms with Gasteiger partial charge in [-0.05, 0) is 17.7 Å². The minimum atomic E-state index is -0.486. The van der Waals surface area contributed by atoms with E-state index in [0.29, 0.717) is 16.9 Å². The Morgan fingerprint density at radius 3 is 2.38 bits per heavy atom. The van der Waals surface area contributed by atoms with E-state index in [1.807, 2.05) is 54.6 Å². The summed E-state index contributed by atoms with van der Waals surface area (Å²) in [5, 5.41) is 9.06. The van der Waals surface area contributed by atoms with Gasteiger partial charge in [0.25, 0.3) is 0 Å². The van der Waals surface area contributed by atoms with Gasteiger partial charge in [-0.3, -0.25) is 0 Å². The zero-order valence-electron chi connectivity index (χ0n) is 14.1. The molecule has 3 rings (SSSR count). The molecule has 0 aliphatic carbocycles. The van der Waals surface area contributed by atoms with Crippen LogP contribution < -0.4 is 4.74 Å². The number of nitriles is 1. The lowest BCUT2D eigenvalue weighted by Crippen LogP contribution is -2.15. The second kappa shape index (κ2) is 8.50. The Morgan fingerprint density at radius 2 is 1.58 bits per heavy atom. The van der Waals surface area contributed by atoms with E-state index in [2.05, 4.69) is 6.07 Å². The smallest absolute Gasteiger partial charge is 0.344 e. The molecule has 0 amide bonds. The van der Waals surface area contributed by atoms with Crippen molar-refractivity contribution in [1.82, 2.24) is 0 Å². The number of carbonyl (C=O) groups is 1. The van der Waals surface area contributed by atoms with Crippen LogP contribution in [0.3, 0.4) is 0 Å². The lowest BCUT2D eigenvalue weighted by Gasteiger charge is -2.11. The van der Waals surface area contributed by atoms with Gasteiger partial charge in [0.05, 0.1) is 11.6 Å². The van der Waals surface area contributed by atoms with Crippen LogP contribution in [0, 0.1) is 11.3 Å². The van der Waals surface area contributed by atoms with Gasteiger partial charge in [0.2, 0.25) is 0 Å². The maximum Gasteiger partial charge on any atom is 0.344 e. The van der Waals surface area contributed by atoms with Gasteiger partial charge in [-0.25, -0.2) is 4.79 Å². The summed E-state index contributed by atoms with van der Waals surface area (Å²) < 4.78 is 10.9. The van der Waals surface area contributed by atoms with E-state index in [-0.39, 0.29) is 13.2 Å². The molecular formula is C22H17NO3. The second-order valence-electron chi connectivity index (χ2n) is 5.58. The molecule has 0 bridgehead atoms. The average molecular weight is 343 g/mol. The average Bonchev–Trinajstić information content (AvgIpc) is 2.71. The number of ether oxygens (including phenoxy) is 2. The van der Waals surface area contributed by atoms with E-state index in [4.69, 9.17) is 14.7 Å². The molecule has 0 radical (unpaired) electrons. The Kier molecular flexibility index (Phi) is 5.64. The summed E-state index contributed by atoms with van der Waals surface area (Å²) in [4.78, 5) is 12.0. The van der Waals surface area contributed by atoms with Crippen LogP contribution in [0.5, 0.6) is 5.75 Å². The normalized spacial score (nSPS) is 9.96. The lowest BCUT2D eigenvalue weighted by molar-refractivity contribution is -0.147. The molecule has 0 aliphatic heterocycles. The molecule has 0 aliphatic rings. The van der Waals surface area contributed by atoms with Crippen LogP contribution in [-0.4, -0.2) is 12.6 Å². The van der Waals surface area contributed by atoms with E-state index in [1.54, 1.807) is 24.3 Å². The van der Waals surface area contributed by atoms with Crippen molar-refractivity contribution in [1.29, 1.82) is 5.26 Å². The van der Waals surface area contributed by atoms with Crippen LogP contribution in [0.15, 0.2) is 78.9 Å². The predicted octanol–water partition coefficient (Wildman–Crippen LogP) is 4.35. The van der Waals surface area contributed by atoms with Crippen molar-refractivity contribution >= 4 is 5.97 Å². The minimum Gasteiger partial charge on any atom is -0.481 e. The largest absolute Gasteiger partial charge is 0.481 e. The Balaban J connectivity index is 1.61. The van der Waals surface area contributed by atoms with Gasteiger partial charge in [-0.1, -0.05) is 66.7 Å². The number of hydrogen-bond acceptors (Lipinski definition) is 4. The van der Waals surface area contributed by atoms with Gasteiger partial charge in [0, 0.05) is 11.1 Å². The highest BCUT2D eigenvalue weighted by Crippen LogP contribution is 2.29. The molecule has 0 N–H and O–H groups in total. The zero-order chi connectivity index (χ0) is 18.2. The third kappa shape index (κ3) is 4.28. The van der Waals surface area contributed by atoms with Crippen LogP contribution in [0.25, 0.3) is 11.1 Å². The van der Waals surface area contributed by atoms with Crippen molar-refractivity contribution in [2.75, 3.05) is 6.61 Å². The van der Waals surface area contributed by atoms with Crippen LogP contribution in [0.1, 0.15) is 11.1 Å². The summed E-state index contributed by atoms with van der Waals surface area (Å²) in [5.41, 5.74) is 3.10. The summed E-state index contributed by atoms with van der Waals surface area (Å²) in [7, 11) is 0. The maximum absolute atomic E-state index is 12.0. The monoisotopic (exact) mass is 343 g/mol. The Morgan fingerprint density at radius 1 is 0.885 bits per heavy atom. The Hall–Kier alpha value is -3.58. The molecular weight excluding hydrogens is 326 g/mol. The molecule has 0 fully saturated rings. The molecule has 0 saturated heterocycles. The van der Waals surface area contributed by atoms with E-state index in [0.717, 1.165) is 11.1 Å². The summed E-state index contributed by atoms with van der Waals surface area (Å²) in [6, 6.07) is 26.5.